The molecular weight excluding hydrogens is 268 g/mol. The van der Waals surface area contributed by atoms with Crippen molar-refractivity contribution in [2.45, 2.75) is 45.8 Å². The highest BCUT2D eigenvalue weighted by Crippen LogP contribution is 2.38. The summed E-state index contributed by atoms with van der Waals surface area (Å²) in [6.07, 6.45) is 4.09. The Labute approximate surface area is 126 Å². The molecule has 2 rings (SSSR count). The average molecular weight is 294 g/mol. The molecule has 0 aromatic carbocycles. The fraction of sp³-hybridized carbons (Fsp3) is 0.733. The van der Waals surface area contributed by atoms with Crippen LogP contribution in [0.4, 0.5) is 11.5 Å². The topological polar surface area (TPSA) is 73.5 Å². The van der Waals surface area contributed by atoms with E-state index < -0.39 is 0 Å². The summed E-state index contributed by atoms with van der Waals surface area (Å²) in [6.45, 7) is 7.53. The molecule has 0 bridgehead atoms. The van der Waals surface area contributed by atoms with Gasteiger partial charge in [-0.25, -0.2) is 4.98 Å². The summed E-state index contributed by atoms with van der Waals surface area (Å²) < 4.78 is 10.9. The summed E-state index contributed by atoms with van der Waals surface area (Å²) in [6, 6.07) is 0.393. The van der Waals surface area contributed by atoms with E-state index >= 15 is 0 Å². The first-order valence-electron chi connectivity index (χ1n) is 7.57. The number of rotatable bonds is 8. The second-order valence-electron chi connectivity index (χ2n) is 5.85. The van der Waals surface area contributed by atoms with Gasteiger partial charge in [0.05, 0.1) is 12.7 Å². The summed E-state index contributed by atoms with van der Waals surface area (Å²) in [5.41, 5.74) is 6.74. The van der Waals surface area contributed by atoms with Crippen molar-refractivity contribution in [2.75, 3.05) is 30.9 Å². The average Bonchev–Trinajstić information content (AvgIpc) is 3.26. The molecule has 0 amide bonds. The lowest BCUT2D eigenvalue weighted by Crippen LogP contribution is -2.38. The lowest BCUT2D eigenvalue weighted by Gasteiger charge is -2.31. The molecule has 1 saturated carbocycles. The molecule has 1 aromatic heterocycles. The predicted octanol–water partition coefficient (Wildman–Crippen LogP) is 2.10. The number of hydrogen-bond donors (Lipinski definition) is 1. The van der Waals surface area contributed by atoms with Crippen LogP contribution in [-0.2, 0) is 4.74 Å². The van der Waals surface area contributed by atoms with E-state index in [-0.39, 0.29) is 6.10 Å². The Hall–Kier alpha value is -1.56. The van der Waals surface area contributed by atoms with Crippen molar-refractivity contribution in [3.8, 4) is 5.88 Å². The zero-order valence-electron chi connectivity index (χ0n) is 13.4. The molecule has 1 fully saturated rings. The van der Waals surface area contributed by atoms with Gasteiger partial charge in [-0.05, 0) is 39.5 Å². The van der Waals surface area contributed by atoms with E-state index in [2.05, 4.69) is 21.8 Å². The van der Waals surface area contributed by atoms with E-state index in [1.54, 1.807) is 7.11 Å². The van der Waals surface area contributed by atoms with Gasteiger partial charge in [0, 0.05) is 19.7 Å². The van der Waals surface area contributed by atoms with E-state index in [1.807, 2.05) is 13.8 Å². The van der Waals surface area contributed by atoms with Crippen LogP contribution in [0.3, 0.4) is 0 Å². The fourth-order valence-corrected chi connectivity index (χ4v) is 2.44. The first-order chi connectivity index (χ1) is 10.0. The highest BCUT2D eigenvalue weighted by molar-refractivity contribution is 5.68. The third kappa shape index (κ3) is 3.97. The van der Waals surface area contributed by atoms with Crippen molar-refractivity contribution >= 4 is 11.5 Å². The minimum absolute atomic E-state index is 0.0309. The predicted molar refractivity (Wildman–Crippen MR) is 83.6 cm³/mol. The maximum Gasteiger partial charge on any atom is 0.242 e. The van der Waals surface area contributed by atoms with Crippen molar-refractivity contribution in [3.05, 3.63) is 6.33 Å². The monoisotopic (exact) mass is 294 g/mol. The number of methoxy groups -OCH3 is 1. The number of nitrogens with zero attached hydrogens (tertiary/aromatic N) is 3. The summed E-state index contributed by atoms with van der Waals surface area (Å²) in [5, 5.41) is 0. The third-order valence-corrected chi connectivity index (χ3v) is 3.78. The second-order valence-corrected chi connectivity index (χ2v) is 5.85. The van der Waals surface area contributed by atoms with Crippen LogP contribution in [0.25, 0.3) is 0 Å². The maximum atomic E-state index is 6.23. The number of nitrogen functional groups attached to an aromatic ring is 1. The Balaban J connectivity index is 2.25. The zero-order valence-corrected chi connectivity index (χ0v) is 13.4. The molecule has 118 valence electrons. The SMILES string of the molecule is COCCN(c1ncnc(OC(C)C)c1N)C(C)C1CC1. The quantitative estimate of drug-likeness (QED) is 0.791. The molecule has 1 aromatic rings. The molecular formula is C15H26N4O2. The molecule has 1 heterocycles. The van der Waals surface area contributed by atoms with Gasteiger partial charge in [-0.1, -0.05) is 0 Å². The minimum atomic E-state index is 0.0309. The van der Waals surface area contributed by atoms with Crippen LogP contribution >= 0.6 is 0 Å². The molecule has 6 nitrogen and oxygen atoms in total. The van der Waals surface area contributed by atoms with E-state index in [9.17, 15) is 0 Å². The van der Waals surface area contributed by atoms with Crippen LogP contribution in [0.1, 0.15) is 33.6 Å². The number of nitrogens with two attached hydrogens (primary N) is 1. The third-order valence-electron chi connectivity index (χ3n) is 3.78. The van der Waals surface area contributed by atoms with E-state index in [0.717, 1.165) is 12.4 Å². The van der Waals surface area contributed by atoms with Crippen LogP contribution in [0.5, 0.6) is 5.88 Å². The molecule has 0 saturated heterocycles. The Morgan fingerprint density at radius 3 is 2.62 bits per heavy atom. The fourth-order valence-electron chi connectivity index (χ4n) is 2.44. The van der Waals surface area contributed by atoms with Crippen molar-refractivity contribution < 1.29 is 9.47 Å². The van der Waals surface area contributed by atoms with Gasteiger partial charge in [-0.2, -0.15) is 4.98 Å². The summed E-state index contributed by atoms with van der Waals surface area (Å²) in [5.74, 6) is 1.92. The van der Waals surface area contributed by atoms with Gasteiger partial charge >= 0.3 is 0 Å². The summed E-state index contributed by atoms with van der Waals surface area (Å²) in [7, 11) is 1.70. The van der Waals surface area contributed by atoms with Gasteiger partial charge in [0.1, 0.15) is 12.0 Å². The van der Waals surface area contributed by atoms with E-state index in [1.165, 1.54) is 19.2 Å². The molecule has 1 aliphatic carbocycles. The minimum Gasteiger partial charge on any atom is -0.473 e. The van der Waals surface area contributed by atoms with Crippen molar-refractivity contribution in [1.82, 2.24) is 9.97 Å². The van der Waals surface area contributed by atoms with Crippen LogP contribution in [0.15, 0.2) is 6.33 Å². The van der Waals surface area contributed by atoms with Crippen molar-refractivity contribution in [2.24, 2.45) is 5.92 Å². The molecule has 1 aliphatic rings. The molecule has 6 heteroatoms. The van der Waals surface area contributed by atoms with Gasteiger partial charge in [-0.3, -0.25) is 0 Å². The molecule has 0 spiro atoms. The largest absolute Gasteiger partial charge is 0.473 e. The number of anilines is 2. The van der Waals surface area contributed by atoms with Gasteiger partial charge in [0.2, 0.25) is 5.88 Å². The zero-order chi connectivity index (χ0) is 15.4. The van der Waals surface area contributed by atoms with Crippen LogP contribution in [0.2, 0.25) is 0 Å². The normalized spacial score (nSPS) is 16.0. The smallest absolute Gasteiger partial charge is 0.242 e. The standard InChI is InChI=1S/C15H26N4O2/c1-10(2)21-15-13(16)14(17-9-18-15)19(7-8-20-4)11(3)12-5-6-12/h9-12H,5-8,16H2,1-4H3. The number of ether oxygens (including phenoxy) is 2. The van der Waals surface area contributed by atoms with Gasteiger partial charge < -0.3 is 20.1 Å². The van der Waals surface area contributed by atoms with Crippen molar-refractivity contribution in [1.29, 1.82) is 0 Å². The molecule has 0 aliphatic heterocycles. The van der Waals surface area contributed by atoms with Crippen LogP contribution in [0, 0.1) is 5.92 Å². The molecule has 21 heavy (non-hydrogen) atoms. The first kappa shape index (κ1) is 15.8. The second kappa shape index (κ2) is 6.93. The Bertz CT molecular complexity index is 463. The van der Waals surface area contributed by atoms with Gasteiger partial charge in [-0.15, -0.1) is 0 Å². The summed E-state index contributed by atoms with van der Waals surface area (Å²) in [4.78, 5) is 10.7. The van der Waals surface area contributed by atoms with E-state index in [4.69, 9.17) is 15.2 Å². The molecule has 1 atom stereocenters. The lowest BCUT2D eigenvalue weighted by molar-refractivity contribution is 0.202. The Morgan fingerprint density at radius 1 is 1.33 bits per heavy atom. The lowest BCUT2D eigenvalue weighted by atomic mass is 10.1. The highest BCUT2D eigenvalue weighted by Gasteiger charge is 2.33. The van der Waals surface area contributed by atoms with Crippen LogP contribution in [-0.4, -0.2) is 42.4 Å². The Kier molecular flexibility index (Phi) is 5.22. The van der Waals surface area contributed by atoms with Gasteiger partial charge in [0.15, 0.2) is 5.82 Å². The van der Waals surface area contributed by atoms with Crippen molar-refractivity contribution in [3.63, 3.8) is 0 Å². The first-order valence-corrected chi connectivity index (χ1v) is 7.57. The molecule has 2 N–H and O–H groups in total. The van der Waals surface area contributed by atoms with Gasteiger partial charge in [0.25, 0.3) is 0 Å². The van der Waals surface area contributed by atoms with Crippen LogP contribution < -0.4 is 15.4 Å². The summed E-state index contributed by atoms with van der Waals surface area (Å²) >= 11 is 0. The van der Waals surface area contributed by atoms with E-state index in [0.29, 0.717) is 30.1 Å². The Morgan fingerprint density at radius 2 is 2.05 bits per heavy atom. The number of hydrogen-bond acceptors (Lipinski definition) is 6. The molecule has 0 radical (unpaired) electrons. The molecule has 1 unspecified atom stereocenters. The highest BCUT2D eigenvalue weighted by atomic mass is 16.5. The number of aromatic nitrogens is 2. The maximum absolute atomic E-state index is 6.23.